The fourth-order valence-electron chi connectivity index (χ4n) is 3.16. The molecule has 31 heavy (non-hydrogen) atoms. The maximum Gasteiger partial charge on any atom is 0.243 e. The summed E-state index contributed by atoms with van der Waals surface area (Å²) in [4.78, 5) is 12.5. The summed E-state index contributed by atoms with van der Waals surface area (Å²) in [6, 6.07) is 11.6. The molecule has 8 nitrogen and oxygen atoms in total. The molecule has 0 saturated carbocycles. The molecule has 1 aliphatic rings. The van der Waals surface area contributed by atoms with Gasteiger partial charge < -0.3 is 19.5 Å². The highest BCUT2D eigenvalue weighted by molar-refractivity contribution is 7.89. The quantitative estimate of drug-likeness (QED) is 0.667. The van der Waals surface area contributed by atoms with Gasteiger partial charge in [0.2, 0.25) is 15.9 Å². The van der Waals surface area contributed by atoms with Crippen molar-refractivity contribution in [1.82, 2.24) is 9.62 Å². The minimum Gasteiger partial charge on any atom is -0.494 e. The Bertz CT molecular complexity index is 1010. The SMILES string of the molecule is CCOc1ccc(C(C)NC(=O)CN(C)S(=O)(=O)c2ccc3c(c2)OCCCO3)cc1. The topological polar surface area (TPSA) is 94.2 Å². The molecule has 168 valence electrons. The van der Waals surface area contributed by atoms with Gasteiger partial charge in [-0.3, -0.25) is 4.79 Å². The number of hydrogen-bond donors (Lipinski definition) is 1. The van der Waals surface area contributed by atoms with E-state index in [1.54, 1.807) is 6.07 Å². The summed E-state index contributed by atoms with van der Waals surface area (Å²) in [6.45, 7) is 5.00. The number of carbonyl (C=O) groups is 1. The van der Waals surface area contributed by atoms with E-state index in [2.05, 4.69) is 5.32 Å². The summed E-state index contributed by atoms with van der Waals surface area (Å²) in [5.74, 6) is 1.26. The highest BCUT2D eigenvalue weighted by Crippen LogP contribution is 2.32. The van der Waals surface area contributed by atoms with Crippen molar-refractivity contribution < 1.29 is 27.4 Å². The Hall–Kier alpha value is -2.78. The van der Waals surface area contributed by atoms with Crippen molar-refractivity contribution in [3.05, 3.63) is 48.0 Å². The van der Waals surface area contributed by atoms with Crippen molar-refractivity contribution in [2.45, 2.75) is 31.2 Å². The highest BCUT2D eigenvalue weighted by atomic mass is 32.2. The lowest BCUT2D eigenvalue weighted by Gasteiger charge is -2.20. The monoisotopic (exact) mass is 448 g/mol. The van der Waals surface area contributed by atoms with Crippen molar-refractivity contribution in [2.75, 3.05) is 33.4 Å². The van der Waals surface area contributed by atoms with Crippen LogP contribution in [0.4, 0.5) is 0 Å². The van der Waals surface area contributed by atoms with Crippen molar-refractivity contribution in [3.8, 4) is 17.2 Å². The number of nitrogens with zero attached hydrogens (tertiary/aromatic N) is 1. The first-order valence-corrected chi connectivity index (χ1v) is 11.6. The average molecular weight is 449 g/mol. The second-order valence-corrected chi connectivity index (χ2v) is 9.26. The number of likely N-dealkylation sites (N-methyl/N-ethyl adjacent to an activating group) is 1. The lowest BCUT2D eigenvalue weighted by atomic mass is 10.1. The van der Waals surface area contributed by atoms with Gasteiger partial charge >= 0.3 is 0 Å². The Morgan fingerprint density at radius 3 is 2.48 bits per heavy atom. The molecule has 2 aromatic rings. The molecule has 1 amide bonds. The van der Waals surface area contributed by atoms with E-state index in [1.165, 1.54) is 19.2 Å². The molecule has 0 aliphatic carbocycles. The lowest BCUT2D eigenvalue weighted by molar-refractivity contribution is -0.121. The Balaban J connectivity index is 1.63. The summed E-state index contributed by atoms with van der Waals surface area (Å²) in [5.41, 5.74) is 0.894. The second-order valence-electron chi connectivity index (χ2n) is 7.21. The van der Waals surface area contributed by atoms with Gasteiger partial charge in [-0.25, -0.2) is 8.42 Å². The van der Waals surface area contributed by atoms with Gasteiger partial charge in [0.1, 0.15) is 5.75 Å². The molecule has 1 atom stereocenters. The highest BCUT2D eigenvalue weighted by Gasteiger charge is 2.25. The van der Waals surface area contributed by atoms with Crippen LogP contribution in [0.25, 0.3) is 0 Å². The predicted molar refractivity (Wildman–Crippen MR) is 116 cm³/mol. The zero-order valence-electron chi connectivity index (χ0n) is 18.0. The third kappa shape index (κ3) is 5.68. The van der Waals surface area contributed by atoms with Crippen LogP contribution in [0, 0.1) is 0 Å². The van der Waals surface area contributed by atoms with Gasteiger partial charge in [-0.05, 0) is 43.7 Å². The molecule has 0 spiro atoms. The smallest absolute Gasteiger partial charge is 0.243 e. The number of nitrogens with one attached hydrogen (secondary N) is 1. The van der Waals surface area contributed by atoms with Gasteiger partial charge in [0.15, 0.2) is 11.5 Å². The minimum absolute atomic E-state index is 0.0478. The van der Waals surface area contributed by atoms with Crippen LogP contribution in [0.15, 0.2) is 47.4 Å². The first-order chi connectivity index (χ1) is 14.8. The van der Waals surface area contributed by atoms with E-state index in [0.717, 1.165) is 22.0 Å². The normalized spacial score (nSPS) is 14.6. The van der Waals surface area contributed by atoms with Crippen molar-refractivity contribution >= 4 is 15.9 Å². The van der Waals surface area contributed by atoms with Gasteiger partial charge in [0.05, 0.1) is 37.3 Å². The standard InChI is InChI=1S/C22H28N2O6S/c1-4-28-18-8-6-17(7-9-18)16(2)23-22(25)15-24(3)31(26,27)19-10-11-20-21(14-19)30-13-5-12-29-20/h6-11,14,16H,4-5,12-13,15H2,1-3H3,(H,23,25). The molecule has 0 saturated heterocycles. The van der Waals surface area contributed by atoms with Crippen molar-refractivity contribution in [2.24, 2.45) is 0 Å². The second kappa shape index (κ2) is 10.0. The molecule has 0 fully saturated rings. The molecule has 0 aromatic heterocycles. The van der Waals surface area contributed by atoms with Gasteiger partial charge in [-0.15, -0.1) is 0 Å². The van der Waals surface area contributed by atoms with Crippen LogP contribution in [-0.4, -0.2) is 52.0 Å². The fraction of sp³-hybridized carbons (Fsp3) is 0.409. The van der Waals surface area contributed by atoms with E-state index in [9.17, 15) is 13.2 Å². The van der Waals surface area contributed by atoms with Gasteiger partial charge in [0, 0.05) is 19.5 Å². The Morgan fingerprint density at radius 1 is 1.13 bits per heavy atom. The average Bonchev–Trinajstić information content (AvgIpc) is 2.99. The number of hydrogen-bond acceptors (Lipinski definition) is 6. The summed E-state index contributed by atoms with van der Waals surface area (Å²) in [5, 5.41) is 2.83. The molecular weight excluding hydrogens is 420 g/mol. The molecule has 1 N–H and O–H groups in total. The number of rotatable bonds is 8. The molecule has 3 rings (SSSR count). The number of carbonyl (C=O) groups excluding carboxylic acids is 1. The number of benzene rings is 2. The Kier molecular flexibility index (Phi) is 7.40. The zero-order valence-corrected chi connectivity index (χ0v) is 18.8. The first kappa shape index (κ1) is 22.9. The van der Waals surface area contributed by atoms with Crippen LogP contribution in [0.3, 0.4) is 0 Å². The number of sulfonamides is 1. The van der Waals surface area contributed by atoms with Crippen LogP contribution < -0.4 is 19.5 Å². The van der Waals surface area contributed by atoms with Gasteiger partial charge in [0.25, 0.3) is 0 Å². The third-order valence-corrected chi connectivity index (χ3v) is 6.66. The van der Waals surface area contributed by atoms with Crippen LogP contribution >= 0.6 is 0 Å². The van der Waals surface area contributed by atoms with Crippen LogP contribution in [0.1, 0.15) is 31.9 Å². The molecule has 1 heterocycles. The van der Waals surface area contributed by atoms with E-state index < -0.39 is 15.9 Å². The largest absolute Gasteiger partial charge is 0.494 e. The number of amides is 1. The third-order valence-electron chi connectivity index (χ3n) is 4.86. The molecule has 0 radical (unpaired) electrons. The molecule has 1 unspecified atom stereocenters. The molecule has 2 aromatic carbocycles. The summed E-state index contributed by atoms with van der Waals surface area (Å²) in [6.07, 6.45) is 0.726. The number of ether oxygens (including phenoxy) is 3. The fourth-order valence-corrected chi connectivity index (χ4v) is 4.30. The molecule has 9 heteroatoms. The molecule has 0 bridgehead atoms. The van der Waals surface area contributed by atoms with Gasteiger partial charge in [-0.2, -0.15) is 4.31 Å². The van der Waals surface area contributed by atoms with E-state index in [-0.39, 0.29) is 17.5 Å². The van der Waals surface area contributed by atoms with E-state index in [1.807, 2.05) is 38.1 Å². The Labute approximate surface area is 183 Å². The predicted octanol–water partition coefficient (Wildman–Crippen LogP) is 2.74. The first-order valence-electron chi connectivity index (χ1n) is 10.2. The minimum atomic E-state index is -3.87. The van der Waals surface area contributed by atoms with Gasteiger partial charge in [-0.1, -0.05) is 12.1 Å². The van der Waals surface area contributed by atoms with Crippen LogP contribution in [-0.2, 0) is 14.8 Å². The maximum absolute atomic E-state index is 12.9. The van der Waals surface area contributed by atoms with Crippen LogP contribution in [0.5, 0.6) is 17.2 Å². The molecular formula is C22H28N2O6S. The summed E-state index contributed by atoms with van der Waals surface area (Å²) >= 11 is 0. The maximum atomic E-state index is 12.9. The summed E-state index contributed by atoms with van der Waals surface area (Å²) < 4.78 is 43.4. The van der Waals surface area contributed by atoms with Crippen LogP contribution in [0.2, 0.25) is 0 Å². The number of fused-ring (bicyclic) bond motifs is 1. The summed E-state index contributed by atoms with van der Waals surface area (Å²) in [7, 11) is -2.50. The zero-order chi connectivity index (χ0) is 22.4. The van der Waals surface area contributed by atoms with Crippen molar-refractivity contribution in [1.29, 1.82) is 0 Å². The van der Waals surface area contributed by atoms with E-state index in [0.29, 0.717) is 31.3 Å². The van der Waals surface area contributed by atoms with Crippen molar-refractivity contribution in [3.63, 3.8) is 0 Å². The van der Waals surface area contributed by atoms with E-state index >= 15 is 0 Å². The molecule has 1 aliphatic heterocycles. The van der Waals surface area contributed by atoms with E-state index in [4.69, 9.17) is 14.2 Å². The lowest BCUT2D eigenvalue weighted by Crippen LogP contribution is -2.39. The Morgan fingerprint density at radius 2 is 1.81 bits per heavy atom.